The summed E-state index contributed by atoms with van der Waals surface area (Å²) in [5.41, 5.74) is 0. The normalized spacial score (nSPS) is 10.4. The molecule has 1 aromatic carbocycles. The van der Waals surface area contributed by atoms with Crippen molar-refractivity contribution in [3.8, 4) is 17.2 Å². The summed E-state index contributed by atoms with van der Waals surface area (Å²) < 4.78 is 10.1. The zero-order chi connectivity index (χ0) is 10.7. The van der Waals surface area contributed by atoms with Crippen molar-refractivity contribution in [1.82, 2.24) is 0 Å². The van der Waals surface area contributed by atoms with Gasteiger partial charge in [-0.1, -0.05) is 18.3 Å². The molecule has 0 aliphatic heterocycles. The van der Waals surface area contributed by atoms with Crippen molar-refractivity contribution in [3.63, 3.8) is 0 Å². The van der Waals surface area contributed by atoms with Crippen LogP contribution in [0.3, 0.4) is 0 Å². The van der Waals surface area contributed by atoms with Crippen LogP contribution in [0, 0.1) is 0 Å². The van der Waals surface area contributed by atoms with E-state index in [9.17, 15) is 5.11 Å². The van der Waals surface area contributed by atoms with Gasteiger partial charge in [-0.25, -0.2) is 0 Å². The summed E-state index contributed by atoms with van der Waals surface area (Å²) in [5, 5.41) is 10.9. The highest BCUT2D eigenvalue weighted by molar-refractivity contribution is 6.70. The van der Waals surface area contributed by atoms with Crippen molar-refractivity contribution >= 4 is 14.0 Å². The van der Waals surface area contributed by atoms with E-state index in [-0.39, 0.29) is 5.75 Å². The van der Waals surface area contributed by atoms with Gasteiger partial charge < -0.3 is 14.6 Å². The molecule has 0 amide bonds. The number of hydrogen-bond donors (Lipinski definition) is 1. The molecule has 1 N–H and O–H groups in total. The molecular weight excluding hydrogens is 196 g/mol. The summed E-state index contributed by atoms with van der Waals surface area (Å²) in [6.07, 6.45) is 0. The lowest BCUT2D eigenvalue weighted by Gasteiger charge is -2.12. The minimum absolute atomic E-state index is 0.0772. The summed E-state index contributed by atoms with van der Waals surface area (Å²) in [5.74, 6) is 1.05. The molecule has 4 heteroatoms. The summed E-state index contributed by atoms with van der Waals surface area (Å²) in [7, 11) is 2.18. The van der Waals surface area contributed by atoms with Crippen molar-refractivity contribution in [2.24, 2.45) is 0 Å². The van der Waals surface area contributed by atoms with E-state index in [1.807, 2.05) is 12.1 Å². The second-order valence-electron chi connectivity index (χ2n) is 3.43. The fraction of sp³-hybridized carbons (Fsp3) is 0.400. The predicted molar refractivity (Wildman–Crippen MR) is 59.7 cm³/mol. The Kier molecular flexibility index (Phi) is 3.41. The zero-order valence-corrected chi connectivity index (χ0v) is 10.2. The molecule has 0 fully saturated rings. The van der Waals surface area contributed by atoms with Crippen molar-refractivity contribution in [2.75, 3.05) is 14.2 Å². The number of ether oxygens (including phenoxy) is 2. The predicted octanol–water partition coefficient (Wildman–Crippen LogP) is 1.10. The third kappa shape index (κ3) is 2.01. The lowest BCUT2D eigenvalue weighted by atomic mass is 10.3. The van der Waals surface area contributed by atoms with E-state index in [0.717, 1.165) is 0 Å². The van der Waals surface area contributed by atoms with Crippen molar-refractivity contribution in [2.45, 2.75) is 13.1 Å². The number of phenols is 1. The van der Waals surface area contributed by atoms with Crippen LogP contribution in [0.25, 0.3) is 0 Å². The number of benzene rings is 1. The Labute approximate surface area is 85.9 Å². The Morgan fingerprint density at radius 2 is 1.50 bits per heavy atom. The van der Waals surface area contributed by atoms with Crippen LogP contribution in [-0.2, 0) is 0 Å². The molecule has 78 valence electrons. The molecule has 0 saturated heterocycles. The van der Waals surface area contributed by atoms with Gasteiger partial charge in [-0.05, 0) is 12.1 Å². The molecule has 1 rings (SSSR count). The summed E-state index contributed by atoms with van der Waals surface area (Å²) in [6.45, 7) is 4.43. The van der Waals surface area contributed by atoms with E-state index in [1.165, 1.54) is 5.19 Å². The van der Waals surface area contributed by atoms with Crippen molar-refractivity contribution in [1.29, 1.82) is 0 Å². The van der Waals surface area contributed by atoms with Gasteiger partial charge in [0.1, 0.15) is 0 Å². The first-order chi connectivity index (χ1) is 6.60. The zero-order valence-electron chi connectivity index (χ0n) is 9.00. The quantitative estimate of drug-likeness (QED) is 0.763. The number of aromatic hydroxyl groups is 1. The molecular formula is C10H16O3Si. The van der Waals surface area contributed by atoms with Gasteiger partial charge in [-0.15, -0.1) is 0 Å². The number of phenolic OH excluding ortho intramolecular Hbond substituents is 1. The molecule has 0 spiro atoms. The highest BCUT2D eigenvalue weighted by Gasteiger charge is 2.12. The van der Waals surface area contributed by atoms with Crippen molar-refractivity contribution in [3.05, 3.63) is 12.1 Å². The topological polar surface area (TPSA) is 38.7 Å². The molecule has 0 aliphatic rings. The lowest BCUT2D eigenvalue weighted by molar-refractivity contribution is 0.340. The van der Waals surface area contributed by atoms with Crippen molar-refractivity contribution < 1.29 is 14.6 Å². The molecule has 0 aliphatic carbocycles. The monoisotopic (exact) mass is 212 g/mol. The van der Waals surface area contributed by atoms with Gasteiger partial charge in [0.25, 0.3) is 0 Å². The molecule has 0 unspecified atom stereocenters. The SMILES string of the molecule is COc1cc([SiH](C)C)cc(OC)c1O. The van der Waals surface area contributed by atoms with Crippen LogP contribution in [0.2, 0.25) is 13.1 Å². The van der Waals surface area contributed by atoms with E-state index in [4.69, 9.17) is 9.47 Å². The number of hydrogen-bond acceptors (Lipinski definition) is 3. The summed E-state index contributed by atoms with van der Waals surface area (Å²) in [4.78, 5) is 0. The summed E-state index contributed by atoms with van der Waals surface area (Å²) >= 11 is 0. The molecule has 0 heterocycles. The van der Waals surface area contributed by atoms with Crippen LogP contribution in [-0.4, -0.2) is 28.1 Å². The van der Waals surface area contributed by atoms with Gasteiger partial charge in [0.05, 0.1) is 23.0 Å². The fourth-order valence-corrected chi connectivity index (χ4v) is 2.22. The second-order valence-corrected chi connectivity index (χ2v) is 6.40. The van der Waals surface area contributed by atoms with Gasteiger partial charge >= 0.3 is 0 Å². The lowest BCUT2D eigenvalue weighted by Crippen LogP contribution is -2.22. The highest BCUT2D eigenvalue weighted by Crippen LogP contribution is 2.34. The smallest absolute Gasteiger partial charge is 0.200 e. The third-order valence-electron chi connectivity index (χ3n) is 2.17. The summed E-state index contributed by atoms with van der Waals surface area (Å²) in [6, 6.07) is 3.77. The van der Waals surface area contributed by atoms with Crippen LogP contribution in [0.15, 0.2) is 12.1 Å². The van der Waals surface area contributed by atoms with E-state index in [0.29, 0.717) is 11.5 Å². The van der Waals surface area contributed by atoms with E-state index in [1.54, 1.807) is 14.2 Å². The largest absolute Gasteiger partial charge is 0.502 e. The van der Waals surface area contributed by atoms with Crippen LogP contribution >= 0.6 is 0 Å². The standard InChI is InChI=1S/C10H16O3Si/c1-12-8-5-7(14(3)4)6-9(13-2)10(8)11/h5-6,11,14H,1-4H3. The second kappa shape index (κ2) is 4.37. The Morgan fingerprint density at radius 3 is 1.79 bits per heavy atom. The first kappa shape index (κ1) is 10.9. The average molecular weight is 212 g/mol. The van der Waals surface area contributed by atoms with Gasteiger partial charge in [-0.3, -0.25) is 0 Å². The van der Waals surface area contributed by atoms with Gasteiger partial charge in [0, 0.05) is 0 Å². The molecule has 0 aromatic heterocycles. The first-order valence-electron chi connectivity index (χ1n) is 4.55. The number of methoxy groups -OCH3 is 2. The molecule has 0 saturated carbocycles. The molecule has 3 nitrogen and oxygen atoms in total. The minimum atomic E-state index is -0.905. The fourth-order valence-electron chi connectivity index (χ4n) is 1.25. The van der Waals surface area contributed by atoms with Gasteiger partial charge in [0.2, 0.25) is 5.75 Å². The van der Waals surface area contributed by atoms with Crippen LogP contribution in [0.4, 0.5) is 0 Å². The Hall–Kier alpha value is -1.16. The Bertz CT molecular complexity index is 298. The highest BCUT2D eigenvalue weighted by atomic mass is 28.3. The molecule has 1 aromatic rings. The van der Waals surface area contributed by atoms with E-state index < -0.39 is 8.80 Å². The van der Waals surface area contributed by atoms with Crippen LogP contribution < -0.4 is 14.7 Å². The van der Waals surface area contributed by atoms with E-state index >= 15 is 0 Å². The van der Waals surface area contributed by atoms with Gasteiger partial charge in [-0.2, -0.15) is 0 Å². The molecule has 0 atom stereocenters. The maximum Gasteiger partial charge on any atom is 0.200 e. The maximum absolute atomic E-state index is 9.66. The molecule has 14 heavy (non-hydrogen) atoms. The van der Waals surface area contributed by atoms with E-state index in [2.05, 4.69) is 13.1 Å². The third-order valence-corrected chi connectivity index (χ3v) is 3.84. The average Bonchev–Trinajstić information content (AvgIpc) is 2.17. The maximum atomic E-state index is 9.66. The molecule has 0 radical (unpaired) electrons. The Balaban J connectivity index is 3.25. The van der Waals surface area contributed by atoms with Crippen LogP contribution in [0.5, 0.6) is 17.2 Å². The van der Waals surface area contributed by atoms with Crippen LogP contribution in [0.1, 0.15) is 0 Å². The Morgan fingerprint density at radius 1 is 1.07 bits per heavy atom. The minimum Gasteiger partial charge on any atom is -0.502 e. The van der Waals surface area contributed by atoms with Gasteiger partial charge in [0.15, 0.2) is 11.5 Å². The number of rotatable bonds is 3. The molecule has 0 bridgehead atoms. The first-order valence-corrected chi connectivity index (χ1v) is 7.43.